The third-order valence-electron chi connectivity index (χ3n) is 2.06. The molecule has 16 heavy (non-hydrogen) atoms. The molecule has 1 amide bonds. The Morgan fingerprint density at radius 2 is 2.19 bits per heavy atom. The van der Waals surface area contributed by atoms with Gasteiger partial charge in [-0.3, -0.25) is 10.1 Å². The molecular weight excluding hydrogens is 272 g/mol. The number of nitrogens with zero attached hydrogens (tertiary/aromatic N) is 3. The highest BCUT2D eigenvalue weighted by Crippen LogP contribution is 2.16. The van der Waals surface area contributed by atoms with E-state index in [9.17, 15) is 4.79 Å². The van der Waals surface area contributed by atoms with Crippen LogP contribution in [0.1, 0.15) is 10.4 Å². The Morgan fingerprint density at radius 1 is 1.44 bits per heavy atom. The van der Waals surface area contributed by atoms with Gasteiger partial charge in [0.05, 0.1) is 5.56 Å². The predicted molar refractivity (Wildman–Crippen MR) is 63.1 cm³/mol. The van der Waals surface area contributed by atoms with Crippen LogP contribution in [-0.4, -0.2) is 20.7 Å². The summed E-state index contributed by atoms with van der Waals surface area (Å²) >= 11 is 3.32. The second-order valence-corrected chi connectivity index (χ2v) is 4.00. The monoisotopic (exact) mass is 280 g/mol. The van der Waals surface area contributed by atoms with Crippen LogP contribution in [0.5, 0.6) is 0 Å². The standard InChI is InChI=1S/C10H9BrN4O/c1-15-10(12-6-13-15)14-9(16)7-4-2-3-5-8(7)11/h2-6H,1H3,(H,12,13,14,16). The van der Waals surface area contributed by atoms with Gasteiger partial charge in [-0.25, -0.2) is 4.68 Å². The first-order valence-electron chi connectivity index (χ1n) is 4.58. The molecule has 1 N–H and O–H groups in total. The van der Waals surface area contributed by atoms with Crippen LogP contribution in [0.2, 0.25) is 0 Å². The predicted octanol–water partition coefficient (Wildman–Crippen LogP) is 1.83. The molecule has 0 fully saturated rings. The summed E-state index contributed by atoms with van der Waals surface area (Å²) in [6, 6.07) is 7.20. The average molecular weight is 281 g/mol. The number of benzene rings is 1. The highest BCUT2D eigenvalue weighted by molar-refractivity contribution is 9.10. The highest BCUT2D eigenvalue weighted by Gasteiger charge is 2.11. The smallest absolute Gasteiger partial charge is 0.259 e. The first kappa shape index (κ1) is 10.8. The number of halogens is 1. The normalized spacial score (nSPS) is 10.1. The molecule has 82 valence electrons. The molecule has 2 aromatic rings. The molecule has 0 unspecified atom stereocenters. The molecular formula is C10H9BrN4O. The van der Waals surface area contributed by atoms with Gasteiger partial charge in [0.25, 0.3) is 5.91 Å². The lowest BCUT2D eigenvalue weighted by molar-refractivity contribution is 0.102. The molecule has 0 radical (unpaired) electrons. The molecule has 1 heterocycles. The number of aryl methyl sites for hydroxylation is 1. The van der Waals surface area contributed by atoms with Gasteiger partial charge < -0.3 is 0 Å². The minimum absolute atomic E-state index is 0.219. The number of hydrogen-bond acceptors (Lipinski definition) is 3. The Hall–Kier alpha value is -1.69. The first-order chi connectivity index (χ1) is 7.68. The number of nitrogens with one attached hydrogen (secondary N) is 1. The van der Waals surface area contributed by atoms with Crippen molar-refractivity contribution in [2.75, 3.05) is 5.32 Å². The van der Waals surface area contributed by atoms with E-state index < -0.39 is 0 Å². The first-order valence-corrected chi connectivity index (χ1v) is 5.37. The fourth-order valence-corrected chi connectivity index (χ4v) is 1.69. The van der Waals surface area contributed by atoms with Crippen molar-refractivity contribution in [2.45, 2.75) is 0 Å². The molecule has 0 aliphatic rings. The topological polar surface area (TPSA) is 59.8 Å². The zero-order chi connectivity index (χ0) is 11.5. The van der Waals surface area contributed by atoms with Crippen LogP contribution in [0, 0.1) is 0 Å². The van der Waals surface area contributed by atoms with E-state index in [0.29, 0.717) is 11.5 Å². The molecule has 0 atom stereocenters. The van der Waals surface area contributed by atoms with E-state index in [1.54, 1.807) is 19.2 Å². The lowest BCUT2D eigenvalue weighted by Gasteiger charge is -2.05. The molecule has 0 spiro atoms. The largest absolute Gasteiger partial charge is 0.291 e. The van der Waals surface area contributed by atoms with E-state index in [1.165, 1.54) is 11.0 Å². The van der Waals surface area contributed by atoms with Gasteiger partial charge in [0.2, 0.25) is 5.95 Å². The van der Waals surface area contributed by atoms with Crippen molar-refractivity contribution in [2.24, 2.45) is 7.05 Å². The maximum Gasteiger partial charge on any atom is 0.259 e. The number of anilines is 1. The number of hydrogen-bond donors (Lipinski definition) is 1. The molecule has 1 aromatic heterocycles. The number of carbonyl (C=O) groups is 1. The zero-order valence-electron chi connectivity index (χ0n) is 8.51. The minimum atomic E-state index is -0.219. The molecule has 1 aromatic carbocycles. The van der Waals surface area contributed by atoms with Crippen LogP contribution in [0.25, 0.3) is 0 Å². The van der Waals surface area contributed by atoms with E-state index >= 15 is 0 Å². The van der Waals surface area contributed by atoms with Gasteiger partial charge in [-0.05, 0) is 28.1 Å². The summed E-state index contributed by atoms with van der Waals surface area (Å²) < 4.78 is 2.24. The summed E-state index contributed by atoms with van der Waals surface area (Å²) in [5, 5.41) is 6.53. The lowest BCUT2D eigenvalue weighted by Crippen LogP contribution is -2.15. The minimum Gasteiger partial charge on any atom is -0.291 e. The summed E-state index contributed by atoms with van der Waals surface area (Å²) in [5.74, 6) is 0.198. The molecule has 0 saturated carbocycles. The second-order valence-electron chi connectivity index (χ2n) is 3.14. The highest BCUT2D eigenvalue weighted by atomic mass is 79.9. The molecule has 0 saturated heterocycles. The van der Waals surface area contributed by atoms with Gasteiger partial charge >= 0.3 is 0 Å². The molecule has 5 nitrogen and oxygen atoms in total. The summed E-state index contributed by atoms with van der Waals surface area (Å²) in [6.45, 7) is 0. The van der Waals surface area contributed by atoms with E-state index in [1.807, 2.05) is 12.1 Å². The fraction of sp³-hybridized carbons (Fsp3) is 0.100. The summed E-state index contributed by atoms with van der Waals surface area (Å²) in [5.41, 5.74) is 0.561. The number of amides is 1. The lowest BCUT2D eigenvalue weighted by atomic mass is 10.2. The van der Waals surface area contributed by atoms with Crippen molar-refractivity contribution in [1.82, 2.24) is 14.8 Å². The number of rotatable bonds is 2. The summed E-state index contributed by atoms with van der Waals surface area (Å²) in [6.07, 6.45) is 1.38. The SMILES string of the molecule is Cn1ncnc1NC(=O)c1ccccc1Br. The van der Waals surface area contributed by atoms with Gasteiger partial charge in [0.1, 0.15) is 6.33 Å². The third-order valence-corrected chi connectivity index (χ3v) is 2.75. The number of carbonyl (C=O) groups excluding carboxylic acids is 1. The summed E-state index contributed by atoms with van der Waals surface area (Å²) in [7, 11) is 1.71. The zero-order valence-corrected chi connectivity index (χ0v) is 10.1. The Kier molecular flexibility index (Phi) is 3.00. The van der Waals surface area contributed by atoms with Crippen LogP contribution in [0.15, 0.2) is 35.1 Å². The average Bonchev–Trinajstić information content (AvgIpc) is 2.65. The molecule has 0 aliphatic carbocycles. The molecule has 6 heteroatoms. The van der Waals surface area contributed by atoms with Crippen molar-refractivity contribution in [3.63, 3.8) is 0 Å². The van der Waals surface area contributed by atoms with E-state index in [4.69, 9.17) is 0 Å². The molecule has 2 rings (SSSR count). The summed E-state index contributed by atoms with van der Waals surface area (Å²) in [4.78, 5) is 15.8. The van der Waals surface area contributed by atoms with Gasteiger partial charge in [0, 0.05) is 11.5 Å². The Labute approximate surface area is 101 Å². The number of aromatic nitrogens is 3. The Bertz CT molecular complexity index is 523. The second kappa shape index (κ2) is 4.44. The van der Waals surface area contributed by atoms with Crippen molar-refractivity contribution in [3.05, 3.63) is 40.6 Å². The van der Waals surface area contributed by atoms with Crippen LogP contribution < -0.4 is 5.32 Å². The van der Waals surface area contributed by atoms with Crippen LogP contribution in [0.4, 0.5) is 5.95 Å². The van der Waals surface area contributed by atoms with Crippen LogP contribution in [-0.2, 0) is 7.05 Å². The maximum atomic E-state index is 11.9. The maximum absolute atomic E-state index is 11.9. The van der Waals surface area contributed by atoms with Crippen molar-refractivity contribution >= 4 is 27.8 Å². The van der Waals surface area contributed by atoms with E-state index in [2.05, 4.69) is 31.3 Å². The van der Waals surface area contributed by atoms with E-state index in [0.717, 1.165) is 4.47 Å². The third kappa shape index (κ3) is 2.11. The van der Waals surface area contributed by atoms with Crippen molar-refractivity contribution < 1.29 is 4.79 Å². The van der Waals surface area contributed by atoms with Gasteiger partial charge in [0.15, 0.2) is 0 Å². The molecule has 0 bridgehead atoms. The van der Waals surface area contributed by atoms with Gasteiger partial charge in [-0.2, -0.15) is 10.1 Å². The van der Waals surface area contributed by atoms with Crippen molar-refractivity contribution in [3.8, 4) is 0 Å². The van der Waals surface area contributed by atoms with Gasteiger partial charge in [-0.15, -0.1) is 0 Å². The molecule has 0 aliphatic heterocycles. The van der Waals surface area contributed by atoms with Gasteiger partial charge in [-0.1, -0.05) is 12.1 Å². The Morgan fingerprint density at radius 3 is 2.81 bits per heavy atom. The van der Waals surface area contributed by atoms with Crippen LogP contribution in [0.3, 0.4) is 0 Å². The van der Waals surface area contributed by atoms with Crippen molar-refractivity contribution in [1.29, 1.82) is 0 Å². The quantitative estimate of drug-likeness (QED) is 0.913. The van der Waals surface area contributed by atoms with E-state index in [-0.39, 0.29) is 5.91 Å². The Balaban J connectivity index is 2.22. The van der Waals surface area contributed by atoms with Crippen LogP contribution >= 0.6 is 15.9 Å². The fourth-order valence-electron chi connectivity index (χ4n) is 1.22.